The third-order valence-electron chi connectivity index (χ3n) is 1.61. The molecule has 2 N–H and O–H groups in total. The second-order valence-electron chi connectivity index (χ2n) is 2.77. The molecule has 0 bridgehead atoms. The van der Waals surface area contributed by atoms with E-state index >= 15 is 0 Å². The second kappa shape index (κ2) is 3.97. The first-order valence-electron chi connectivity index (χ1n) is 4.25. The average Bonchev–Trinajstić information content (AvgIpc) is 2.74. The molecule has 0 aliphatic carbocycles. The molecule has 0 aliphatic heterocycles. The summed E-state index contributed by atoms with van der Waals surface area (Å²) in [7, 11) is 0. The molecule has 0 unspecified atom stereocenters. The van der Waals surface area contributed by atoms with E-state index in [4.69, 9.17) is 5.73 Å². The molecule has 0 amide bonds. The molecule has 5 nitrogen and oxygen atoms in total. The van der Waals surface area contributed by atoms with E-state index in [1.807, 2.05) is 10.9 Å². The summed E-state index contributed by atoms with van der Waals surface area (Å²) in [6.45, 7) is 3.06. The Morgan fingerprint density at radius 2 is 2.36 bits per heavy atom. The number of hydrogen-bond donors (Lipinski definition) is 1. The zero-order chi connectivity index (χ0) is 9.97. The molecule has 14 heavy (non-hydrogen) atoms. The monoisotopic (exact) mass is 228 g/mol. The van der Waals surface area contributed by atoms with E-state index in [1.165, 1.54) is 22.9 Å². The van der Waals surface area contributed by atoms with Crippen LogP contribution in [-0.4, -0.2) is 14.7 Å². The lowest BCUT2D eigenvalue weighted by atomic mass is 10.5. The van der Waals surface area contributed by atoms with Gasteiger partial charge in [0.1, 0.15) is 0 Å². The number of nitrogens with two attached hydrogens (primary N) is 1. The molecule has 0 atom stereocenters. The van der Waals surface area contributed by atoms with Crippen molar-refractivity contribution in [2.75, 3.05) is 5.73 Å². The summed E-state index contributed by atoms with van der Waals surface area (Å²) in [5.41, 5.74) is 5.50. The van der Waals surface area contributed by atoms with E-state index in [0.29, 0.717) is 5.13 Å². The van der Waals surface area contributed by atoms with Gasteiger partial charge in [0.05, 0.1) is 4.49 Å². The van der Waals surface area contributed by atoms with E-state index in [2.05, 4.69) is 21.6 Å². The summed E-state index contributed by atoms with van der Waals surface area (Å²) in [5.74, 6) is 0. The maximum Gasteiger partial charge on any atom is 0.219 e. The molecule has 0 saturated carbocycles. The highest BCUT2D eigenvalue weighted by Crippen LogP contribution is 2.25. The van der Waals surface area contributed by atoms with Crippen LogP contribution in [0.5, 0.6) is 0 Å². The molecule has 2 aromatic heterocycles. The van der Waals surface area contributed by atoms with Crippen molar-refractivity contribution in [2.24, 2.45) is 0 Å². The van der Waals surface area contributed by atoms with Crippen LogP contribution in [0.1, 0.15) is 13.3 Å². The smallest absolute Gasteiger partial charge is 0.219 e. The molecule has 0 spiro atoms. The predicted octanol–water partition coefficient (Wildman–Crippen LogP) is 0.941. The van der Waals surface area contributed by atoms with Crippen molar-refractivity contribution in [1.82, 2.24) is 14.7 Å². The topological polar surface area (TPSA) is 68.6 Å². The second-order valence-corrected chi connectivity index (χ2v) is 4.57. The Balaban J connectivity index is 2.24. The van der Waals surface area contributed by atoms with Crippen LogP contribution >= 0.6 is 22.9 Å². The van der Waals surface area contributed by atoms with E-state index in [0.717, 1.165) is 22.9 Å². The Hall–Kier alpha value is -1.08. The summed E-state index contributed by atoms with van der Waals surface area (Å²) < 4.78 is 6.16. The number of nitrogen functional groups attached to an aromatic ring is 1. The van der Waals surface area contributed by atoms with Crippen molar-refractivity contribution in [2.45, 2.75) is 19.9 Å². The van der Waals surface area contributed by atoms with Crippen LogP contribution in [0.4, 0.5) is 5.13 Å². The summed E-state index contributed by atoms with van der Waals surface area (Å²) in [6.07, 6.45) is 3.06. The number of anilines is 1. The van der Waals surface area contributed by atoms with Crippen LogP contribution < -0.4 is 10.4 Å². The van der Waals surface area contributed by atoms with Gasteiger partial charge >= 0.3 is 0 Å². The van der Waals surface area contributed by atoms with Crippen molar-refractivity contribution in [1.29, 1.82) is 0 Å². The fraction of sp³-hybridized carbons (Fsp3) is 0.429. The van der Waals surface area contributed by atoms with Gasteiger partial charge in [0.2, 0.25) is 11.3 Å². The van der Waals surface area contributed by atoms with Gasteiger partial charge in [0, 0.05) is 18.0 Å². The molecule has 0 fully saturated rings. The number of hydrogen-bond acceptors (Lipinski definition) is 6. The fourth-order valence-electron chi connectivity index (χ4n) is 1.04. The predicted molar refractivity (Wildman–Crippen MR) is 55.9 cm³/mol. The maximum atomic E-state index is 5.50. The van der Waals surface area contributed by atoms with Gasteiger partial charge < -0.3 is 5.73 Å². The lowest BCUT2D eigenvalue weighted by Gasteiger charge is -1.80. The largest absolute Gasteiger partial charge is 0.374 e. The van der Waals surface area contributed by atoms with Crippen molar-refractivity contribution in [3.63, 3.8) is 0 Å². The molecular formula is C7H10N5S2+. The van der Waals surface area contributed by atoms with Crippen molar-refractivity contribution in [3.8, 4) is 9.88 Å². The van der Waals surface area contributed by atoms with Crippen LogP contribution in [0.25, 0.3) is 9.88 Å². The first kappa shape index (κ1) is 9.47. The fourth-order valence-corrected chi connectivity index (χ4v) is 2.40. The Labute approximate surface area is 89.4 Å². The Bertz CT molecular complexity index is 421. The van der Waals surface area contributed by atoms with Gasteiger partial charge in [0.15, 0.2) is 16.4 Å². The first-order valence-corrected chi connectivity index (χ1v) is 5.84. The van der Waals surface area contributed by atoms with Crippen LogP contribution in [0, 0.1) is 0 Å². The minimum Gasteiger partial charge on any atom is -0.374 e. The number of aromatic nitrogens is 4. The van der Waals surface area contributed by atoms with Gasteiger partial charge in [-0.05, 0) is 0 Å². The lowest BCUT2D eigenvalue weighted by Crippen LogP contribution is -2.33. The molecule has 0 aromatic carbocycles. The molecule has 0 radical (unpaired) electrons. The van der Waals surface area contributed by atoms with E-state index in [1.54, 1.807) is 0 Å². The molecule has 2 rings (SSSR count). The quantitative estimate of drug-likeness (QED) is 0.794. The molecule has 0 saturated heterocycles. The summed E-state index contributed by atoms with van der Waals surface area (Å²) in [5, 5.41) is 9.06. The van der Waals surface area contributed by atoms with Gasteiger partial charge in [-0.2, -0.15) is 0 Å². The third-order valence-corrected chi connectivity index (χ3v) is 3.32. The van der Waals surface area contributed by atoms with Crippen LogP contribution in [0.2, 0.25) is 0 Å². The Morgan fingerprint density at radius 1 is 1.50 bits per heavy atom. The number of aryl methyl sites for hydroxylation is 1. The molecule has 7 heteroatoms. The minimum absolute atomic E-state index is 0.496. The average molecular weight is 228 g/mol. The van der Waals surface area contributed by atoms with Gasteiger partial charge in [-0.15, -0.1) is 10.2 Å². The molecule has 74 valence electrons. The summed E-state index contributed by atoms with van der Waals surface area (Å²) in [6, 6.07) is 0. The molecule has 0 aliphatic rings. The maximum absolute atomic E-state index is 5.50. The van der Waals surface area contributed by atoms with Crippen LogP contribution in [-0.2, 0) is 6.54 Å². The normalized spacial score (nSPS) is 10.6. The van der Waals surface area contributed by atoms with E-state index in [9.17, 15) is 0 Å². The highest BCUT2D eigenvalue weighted by atomic mass is 32.1. The third kappa shape index (κ3) is 1.88. The molecular weight excluding hydrogens is 218 g/mol. The van der Waals surface area contributed by atoms with Crippen LogP contribution in [0.15, 0.2) is 6.20 Å². The van der Waals surface area contributed by atoms with E-state index in [-0.39, 0.29) is 0 Å². The standard InChI is InChI=1S/C7H10N5S2/c1-2-3-12-4-5(14-11-12)6-9-10-7(8)13-6/h4H,2-3H2,1H3,(H2,8,10)/q+1. The summed E-state index contributed by atoms with van der Waals surface area (Å²) >= 11 is 2.81. The van der Waals surface area contributed by atoms with Gasteiger partial charge in [0.25, 0.3) is 0 Å². The number of nitrogens with zero attached hydrogens (tertiary/aromatic N) is 4. The van der Waals surface area contributed by atoms with Gasteiger partial charge in [-0.1, -0.05) is 22.9 Å². The van der Waals surface area contributed by atoms with E-state index < -0.39 is 0 Å². The lowest BCUT2D eigenvalue weighted by molar-refractivity contribution is -0.746. The first-order chi connectivity index (χ1) is 6.79. The zero-order valence-corrected chi connectivity index (χ0v) is 9.31. The SMILES string of the molecule is CCC[n+]1cc(-c2nnc(N)s2)sn1. The minimum atomic E-state index is 0.496. The van der Waals surface area contributed by atoms with Crippen molar-refractivity contribution >= 4 is 28.0 Å². The van der Waals surface area contributed by atoms with Gasteiger partial charge in [-0.3, -0.25) is 0 Å². The number of rotatable bonds is 3. The zero-order valence-electron chi connectivity index (χ0n) is 7.67. The Kier molecular flexibility index (Phi) is 2.69. The van der Waals surface area contributed by atoms with Gasteiger partial charge in [-0.25, -0.2) is 0 Å². The molecule has 2 aromatic rings. The Morgan fingerprint density at radius 3 is 3.00 bits per heavy atom. The highest BCUT2D eigenvalue weighted by Gasteiger charge is 2.13. The van der Waals surface area contributed by atoms with Crippen molar-refractivity contribution < 1.29 is 4.68 Å². The summed E-state index contributed by atoms with van der Waals surface area (Å²) in [4.78, 5) is 1.02. The molecule has 2 heterocycles. The van der Waals surface area contributed by atoms with Crippen LogP contribution in [0.3, 0.4) is 0 Å². The highest BCUT2D eigenvalue weighted by molar-refractivity contribution is 7.21. The van der Waals surface area contributed by atoms with Crippen molar-refractivity contribution in [3.05, 3.63) is 6.20 Å².